The van der Waals surface area contributed by atoms with E-state index in [9.17, 15) is 14.0 Å². The van der Waals surface area contributed by atoms with Crippen molar-refractivity contribution < 1.29 is 14.0 Å². The summed E-state index contributed by atoms with van der Waals surface area (Å²) in [6.07, 6.45) is 2.56. The average Bonchev–Trinajstić information content (AvgIpc) is 2.97. The zero-order valence-electron chi connectivity index (χ0n) is 10.4. The highest BCUT2D eigenvalue weighted by molar-refractivity contribution is 5.91. The highest BCUT2D eigenvalue weighted by atomic mass is 19.1. The van der Waals surface area contributed by atoms with Crippen LogP contribution >= 0.6 is 0 Å². The molecule has 1 aromatic rings. The zero-order chi connectivity index (χ0) is 13.4. The number of carbonyl (C=O) groups excluding carboxylic acids is 2. The first-order valence-electron chi connectivity index (χ1n) is 6.51. The van der Waals surface area contributed by atoms with Crippen LogP contribution in [0.4, 0.5) is 4.39 Å². The van der Waals surface area contributed by atoms with Crippen LogP contribution in [0.15, 0.2) is 18.2 Å². The minimum absolute atomic E-state index is 0.0852. The standard InChI is InChI=1S/C14H15FN2O2/c15-9-3-1-8-2-4-11(10(8)7-9)17-14(19)12-5-6-13(18)16-12/h1,3,7,11-12H,2,4-6H2,(H,16,18)(H,17,19)/t11?,12-/m0/s1. The van der Waals surface area contributed by atoms with E-state index in [4.69, 9.17) is 0 Å². The Kier molecular flexibility index (Phi) is 2.97. The Bertz CT molecular complexity index is 544. The van der Waals surface area contributed by atoms with Gasteiger partial charge in [0.05, 0.1) is 6.04 Å². The zero-order valence-corrected chi connectivity index (χ0v) is 10.4. The van der Waals surface area contributed by atoms with Gasteiger partial charge in [0.1, 0.15) is 11.9 Å². The van der Waals surface area contributed by atoms with Crippen LogP contribution < -0.4 is 10.6 Å². The van der Waals surface area contributed by atoms with Crippen molar-refractivity contribution in [2.75, 3.05) is 0 Å². The molecule has 1 fully saturated rings. The fourth-order valence-corrected chi connectivity index (χ4v) is 2.81. The van der Waals surface area contributed by atoms with E-state index in [1.165, 1.54) is 12.1 Å². The van der Waals surface area contributed by atoms with Crippen molar-refractivity contribution in [2.45, 2.75) is 37.8 Å². The molecule has 2 atom stereocenters. The average molecular weight is 262 g/mol. The second-order valence-electron chi connectivity index (χ2n) is 5.10. The van der Waals surface area contributed by atoms with Crippen molar-refractivity contribution in [3.8, 4) is 0 Å². The van der Waals surface area contributed by atoms with Gasteiger partial charge in [0.25, 0.3) is 0 Å². The van der Waals surface area contributed by atoms with Crippen molar-refractivity contribution >= 4 is 11.8 Å². The van der Waals surface area contributed by atoms with Gasteiger partial charge in [-0.15, -0.1) is 0 Å². The van der Waals surface area contributed by atoms with Crippen LogP contribution in [0.1, 0.15) is 36.4 Å². The van der Waals surface area contributed by atoms with Gasteiger partial charge in [0, 0.05) is 6.42 Å². The topological polar surface area (TPSA) is 58.2 Å². The molecule has 0 spiro atoms. The van der Waals surface area contributed by atoms with Gasteiger partial charge in [-0.25, -0.2) is 4.39 Å². The molecule has 0 bridgehead atoms. The summed E-state index contributed by atoms with van der Waals surface area (Å²) >= 11 is 0. The lowest BCUT2D eigenvalue weighted by molar-refractivity contribution is -0.126. The predicted molar refractivity (Wildman–Crippen MR) is 66.8 cm³/mol. The first kappa shape index (κ1) is 12.1. The third-order valence-electron chi connectivity index (χ3n) is 3.81. The molecule has 1 aliphatic heterocycles. The van der Waals surface area contributed by atoms with E-state index in [1.54, 1.807) is 6.07 Å². The van der Waals surface area contributed by atoms with Crippen molar-refractivity contribution in [1.29, 1.82) is 0 Å². The third-order valence-corrected chi connectivity index (χ3v) is 3.81. The van der Waals surface area contributed by atoms with Crippen LogP contribution in [-0.2, 0) is 16.0 Å². The lowest BCUT2D eigenvalue weighted by Crippen LogP contribution is -2.42. The molecule has 2 amide bonds. The SMILES string of the molecule is O=C1CC[C@@H](C(=O)NC2CCc3ccc(F)cc32)N1. The Morgan fingerprint density at radius 3 is 2.89 bits per heavy atom. The predicted octanol–water partition coefficient (Wildman–Crippen LogP) is 1.21. The second kappa shape index (κ2) is 4.64. The van der Waals surface area contributed by atoms with Crippen LogP contribution in [0, 0.1) is 5.82 Å². The number of aryl methyl sites for hydroxylation is 1. The van der Waals surface area contributed by atoms with Crippen LogP contribution in [-0.4, -0.2) is 17.9 Å². The molecule has 19 heavy (non-hydrogen) atoms. The van der Waals surface area contributed by atoms with Crippen LogP contribution in [0.25, 0.3) is 0 Å². The van der Waals surface area contributed by atoms with E-state index in [-0.39, 0.29) is 23.7 Å². The highest BCUT2D eigenvalue weighted by Gasteiger charge is 2.31. The minimum atomic E-state index is -0.440. The molecule has 0 aromatic heterocycles. The van der Waals surface area contributed by atoms with Gasteiger partial charge in [0.2, 0.25) is 11.8 Å². The summed E-state index contributed by atoms with van der Waals surface area (Å²) in [4.78, 5) is 23.1. The molecule has 1 aliphatic carbocycles. The molecule has 1 unspecified atom stereocenters. The molecule has 3 rings (SSSR count). The van der Waals surface area contributed by atoms with Gasteiger partial charge in [0.15, 0.2) is 0 Å². The van der Waals surface area contributed by atoms with Crippen molar-refractivity contribution in [3.63, 3.8) is 0 Å². The van der Waals surface area contributed by atoms with E-state index in [0.29, 0.717) is 12.8 Å². The fourth-order valence-electron chi connectivity index (χ4n) is 2.81. The molecule has 4 nitrogen and oxygen atoms in total. The summed E-state index contributed by atoms with van der Waals surface area (Å²) in [6, 6.07) is 4.12. The van der Waals surface area contributed by atoms with E-state index in [1.807, 2.05) is 0 Å². The number of carbonyl (C=O) groups is 2. The number of hydrogen-bond donors (Lipinski definition) is 2. The largest absolute Gasteiger partial charge is 0.347 e. The quantitative estimate of drug-likeness (QED) is 0.841. The first-order valence-corrected chi connectivity index (χ1v) is 6.51. The van der Waals surface area contributed by atoms with Gasteiger partial charge < -0.3 is 10.6 Å². The van der Waals surface area contributed by atoms with Crippen LogP contribution in [0.5, 0.6) is 0 Å². The molecular formula is C14H15FN2O2. The summed E-state index contributed by atoms with van der Waals surface area (Å²) in [7, 11) is 0. The van der Waals surface area contributed by atoms with E-state index < -0.39 is 6.04 Å². The number of fused-ring (bicyclic) bond motifs is 1. The summed E-state index contributed by atoms with van der Waals surface area (Å²) in [5.74, 6) is -0.542. The van der Waals surface area contributed by atoms with Gasteiger partial charge in [-0.3, -0.25) is 9.59 Å². The molecule has 1 saturated heterocycles. The number of amides is 2. The Hall–Kier alpha value is -1.91. The van der Waals surface area contributed by atoms with E-state index in [0.717, 1.165) is 24.0 Å². The Morgan fingerprint density at radius 1 is 1.32 bits per heavy atom. The summed E-state index contributed by atoms with van der Waals surface area (Å²) in [5, 5.41) is 5.54. The molecule has 0 saturated carbocycles. The van der Waals surface area contributed by atoms with Crippen LogP contribution in [0.2, 0.25) is 0 Å². The first-order chi connectivity index (χ1) is 9.13. The van der Waals surface area contributed by atoms with Gasteiger partial charge in [-0.05, 0) is 42.5 Å². The molecule has 100 valence electrons. The van der Waals surface area contributed by atoms with Crippen molar-refractivity contribution in [1.82, 2.24) is 10.6 Å². The highest BCUT2D eigenvalue weighted by Crippen LogP contribution is 2.31. The van der Waals surface area contributed by atoms with Gasteiger partial charge in [-0.2, -0.15) is 0 Å². The number of nitrogens with one attached hydrogen (secondary N) is 2. The molecule has 0 radical (unpaired) electrons. The van der Waals surface area contributed by atoms with E-state index >= 15 is 0 Å². The minimum Gasteiger partial charge on any atom is -0.347 e. The second-order valence-corrected chi connectivity index (χ2v) is 5.10. The number of benzene rings is 1. The lowest BCUT2D eigenvalue weighted by Gasteiger charge is -2.17. The van der Waals surface area contributed by atoms with Gasteiger partial charge in [-0.1, -0.05) is 6.07 Å². The maximum Gasteiger partial charge on any atom is 0.243 e. The fraction of sp³-hybridized carbons (Fsp3) is 0.429. The maximum atomic E-state index is 13.3. The monoisotopic (exact) mass is 262 g/mol. The third kappa shape index (κ3) is 2.32. The molecule has 2 N–H and O–H groups in total. The van der Waals surface area contributed by atoms with Gasteiger partial charge >= 0.3 is 0 Å². The van der Waals surface area contributed by atoms with Crippen LogP contribution in [0.3, 0.4) is 0 Å². The Labute approximate surface area is 110 Å². The number of hydrogen-bond acceptors (Lipinski definition) is 2. The molecule has 1 aromatic carbocycles. The van der Waals surface area contributed by atoms with Crippen molar-refractivity contribution in [2.24, 2.45) is 0 Å². The smallest absolute Gasteiger partial charge is 0.243 e. The molecule has 2 aliphatic rings. The summed E-state index contributed by atoms with van der Waals surface area (Å²) in [6.45, 7) is 0. The number of rotatable bonds is 2. The van der Waals surface area contributed by atoms with Crippen molar-refractivity contribution in [3.05, 3.63) is 35.1 Å². The summed E-state index contributed by atoms with van der Waals surface area (Å²) < 4.78 is 13.3. The molecule has 5 heteroatoms. The normalized spacial score (nSPS) is 25.0. The maximum absolute atomic E-state index is 13.3. The number of halogens is 1. The summed E-state index contributed by atoms with van der Waals surface area (Å²) in [5.41, 5.74) is 1.94. The molecule has 1 heterocycles. The van der Waals surface area contributed by atoms with E-state index in [2.05, 4.69) is 10.6 Å². The Balaban J connectivity index is 1.71. The Morgan fingerprint density at radius 2 is 2.16 bits per heavy atom. The lowest BCUT2D eigenvalue weighted by atomic mass is 10.1. The molecular weight excluding hydrogens is 247 g/mol.